The highest BCUT2D eigenvalue weighted by Crippen LogP contribution is 2.65. The van der Waals surface area contributed by atoms with E-state index in [2.05, 4.69) is 41.7 Å². The minimum atomic E-state index is -3.56. The average molecular weight is 720 g/mol. The van der Waals surface area contributed by atoms with Crippen LogP contribution in [0.3, 0.4) is 0 Å². The summed E-state index contributed by atoms with van der Waals surface area (Å²) in [5.74, 6) is -2.37. The molecule has 0 aromatic rings. The van der Waals surface area contributed by atoms with Crippen molar-refractivity contribution in [1.82, 2.24) is 26.2 Å². The van der Waals surface area contributed by atoms with Gasteiger partial charge in [0, 0.05) is 13.1 Å². The first-order chi connectivity index (χ1) is 23.0. The van der Waals surface area contributed by atoms with E-state index in [4.69, 9.17) is 0 Å². The summed E-state index contributed by atoms with van der Waals surface area (Å²) in [6.07, 6.45) is 7.91. The predicted molar refractivity (Wildman–Crippen MR) is 193 cm³/mol. The number of piperidine rings is 1. The van der Waals surface area contributed by atoms with E-state index in [1.54, 1.807) is 26.8 Å². The Morgan fingerprint density at radius 3 is 2.12 bits per heavy atom. The quantitative estimate of drug-likeness (QED) is 0.121. The van der Waals surface area contributed by atoms with E-state index in [9.17, 15) is 32.4 Å². The lowest BCUT2D eigenvalue weighted by molar-refractivity contribution is -0.145. The van der Waals surface area contributed by atoms with Gasteiger partial charge in [-0.15, -0.1) is 6.58 Å². The van der Waals surface area contributed by atoms with E-state index in [0.29, 0.717) is 32.2 Å². The number of rotatable bonds is 14. The Bertz CT molecular complexity index is 1450. The average Bonchev–Trinajstić information content (AvgIpc) is 3.85. The Kier molecular flexibility index (Phi) is 11.6. The molecule has 4 fully saturated rings. The van der Waals surface area contributed by atoms with Crippen molar-refractivity contribution in [2.75, 3.05) is 18.8 Å². The molecule has 3 saturated carbocycles. The second-order valence-corrected chi connectivity index (χ2v) is 20.7. The number of fused-ring (bicyclic) bond motifs is 1. The SMILES string of the molecule is C=CCCNC(=O)C(=O)C(CC1CC1)NC(=O)[C@@H]1[C@@H]2[C@H](CN1C(=O)[C@@H](NC(=O)NC1(CS(=O)(=O)C(C)(C)C)CCCCC1)C(C)(C)C)C2(C)C. The number of nitrogens with zero attached hydrogens (tertiary/aromatic N) is 1. The maximum Gasteiger partial charge on any atom is 0.315 e. The van der Waals surface area contributed by atoms with Crippen LogP contribution < -0.4 is 21.3 Å². The topological polar surface area (TPSA) is 171 Å². The van der Waals surface area contributed by atoms with Crippen LogP contribution in [0.2, 0.25) is 0 Å². The van der Waals surface area contributed by atoms with Gasteiger partial charge in [0.25, 0.3) is 5.91 Å². The van der Waals surface area contributed by atoms with Gasteiger partial charge >= 0.3 is 6.03 Å². The molecule has 5 atom stereocenters. The molecule has 1 saturated heterocycles. The first-order valence-corrected chi connectivity index (χ1v) is 20.0. The number of carbonyl (C=O) groups excluding carboxylic acids is 5. The summed E-state index contributed by atoms with van der Waals surface area (Å²) in [6, 6.07) is -3.53. The van der Waals surface area contributed by atoms with Crippen LogP contribution in [-0.4, -0.2) is 90.1 Å². The molecule has 12 nitrogen and oxygen atoms in total. The third-order valence-corrected chi connectivity index (χ3v) is 14.3. The van der Waals surface area contributed by atoms with E-state index in [0.717, 1.165) is 32.1 Å². The number of urea groups is 1. The Hall–Kier alpha value is -2.96. The molecule has 1 unspecified atom stereocenters. The number of Topliss-reactive ketones (excluding diaryl/α,β-unsaturated/α-hetero) is 1. The highest BCUT2D eigenvalue weighted by molar-refractivity contribution is 7.92. The van der Waals surface area contributed by atoms with Crippen molar-refractivity contribution < 1.29 is 32.4 Å². The maximum atomic E-state index is 14.5. The number of hydrogen-bond acceptors (Lipinski definition) is 7. The monoisotopic (exact) mass is 719 g/mol. The van der Waals surface area contributed by atoms with Gasteiger partial charge in [0.15, 0.2) is 9.84 Å². The molecule has 0 aromatic heterocycles. The Morgan fingerprint density at radius 2 is 1.58 bits per heavy atom. The van der Waals surface area contributed by atoms with E-state index < -0.39 is 73.2 Å². The molecule has 0 spiro atoms. The molecule has 4 rings (SSSR count). The zero-order chi connectivity index (χ0) is 37.4. The van der Waals surface area contributed by atoms with Gasteiger partial charge in [-0.2, -0.15) is 0 Å². The number of hydrogen-bond donors (Lipinski definition) is 4. The molecule has 1 aliphatic heterocycles. The van der Waals surface area contributed by atoms with Gasteiger partial charge in [-0.05, 0) is 75.0 Å². The van der Waals surface area contributed by atoms with Crippen LogP contribution in [0.25, 0.3) is 0 Å². The van der Waals surface area contributed by atoms with Gasteiger partial charge in [-0.3, -0.25) is 19.2 Å². The molecule has 0 bridgehead atoms. The standard InChI is InChI=1S/C37H61N5O7S/c1-10-11-19-38-31(45)28(43)25(20-23-15-16-23)39-30(44)27-26-24(36(26,8)9)21-42(27)32(46)29(34(2,3)4)40-33(47)41-37(17-13-12-14-18-37)22-50(48,49)35(5,6)7/h10,23-27,29H,1,11-22H2,2-9H3,(H,38,45)(H,39,44)(H2,40,41,47)/t24-,25?,26-,27-,29+/m0/s1. The zero-order valence-electron chi connectivity index (χ0n) is 31.4. The van der Waals surface area contributed by atoms with Crippen LogP contribution in [-0.2, 0) is 29.0 Å². The first-order valence-electron chi connectivity index (χ1n) is 18.4. The second kappa shape index (κ2) is 14.6. The molecule has 4 aliphatic rings. The lowest BCUT2D eigenvalue weighted by Gasteiger charge is -2.41. The number of likely N-dealkylation sites (tertiary alicyclic amines) is 1. The van der Waals surface area contributed by atoms with Gasteiger partial charge < -0.3 is 26.2 Å². The Labute approximate surface area is 299 Å². The summed E-state index contributed by atoms with van der Waals surface area (Å²) in [4.78, 5) is 69.9. The molecule has 282 valence electrons. The van der Waals surface area contributed by atoms with Crippen molar-refractivity contribution in [3.05, 3.63) is 12.7 Å². The molecule has 3 aliphatic carbocycles. The molecular weight excluding hydrogens is 659 g/mol. The van der Waals surface area contributed by atoms with Crippen LogP contribution in [0, 0.1) is 28.6 Å². The number of ketones is 1. The van der Waals surface area contributed by atoms with E-state index in [1.807, 2.05) is 20.8 Å². The summed E-state index contributed by atoms with van der Waals surface area (Å²) in [5, 5.41) is 11.4. The fourth-order valence-corrected chi connectivity index (χ4v) is 9.38. The van der Waals surface area contributed by atoms with Crippen molar-refractivity contribution in [3.63, 3.8) is 0 Å². The van der Waals surface area contributed by atoms with Gasteiger partial charge in [-0.1, -0.05) is 72.8 Å². The van der Waals surface area contributed by atoms with E-state index in [-0.39, 0.29) is 35.5 Å². The summed E-state index contributed by atoms with van der Waals surface area (Å²) in [6.45, 7) is 18.8. The fraction of sp³-hybridized carbons (Fsp3) is 0.811. The number of nitrogens with one attached hydrogen (secondary N) is 4. The highest BCUT2D eigenvalue weighted by atomic mass is 32.2. The van der Waals surface area contributed by atoms with E-state index in [1.165, 1.54) is 4.90 Å². The van der Waals surface area contributed by atoms with Gasteiger partial charge in [0.2, 0.25) is 17.6 Å². The van der Waals surface area contributed by atoms with Crippen molar-refractivity contribution >= 4 is 39.4 Å². The first kappa shape index (κ1) is 39.8. The normalized spacial score (nSPS) is 25.4. The second-order valence-electron chi connectivity index (χ2n) is 17.9. The highest BCUT2D eigenvalue weighted by Gasteiger charge is 2.70. The van der Waals surface area contributed by atoms with Gasteiger partial charge in [0.05, 0.1) is 22.1 Å². The molecule has 1 heterocycles. The lowest BCUT2D eigenvalue weighted by atomic mass is 9.83. The number of amides is 5. The van der Waals surface area contributed by atoms with Gasteiger partial charge in [0.1, 0.15) is 12.1 Å². The third kappa shape index (κ3) is 8.91. The summed E-state index contributed by atoms with van der Waals surface area (Å²) < 4.78 is 25.6. The fourth-order valence-electron chi connectivity index (χ4n) is 7.86. The van der Waals surface area contributed by atoms with Crippen molar-refractivity contribution in [1.29, 1.82) is 0 Å². The predicted octanol–water partition coefficient (Wildman–Crippen LogP) is 3.65. The van der Waals surface area contributed by atoms with Crippen molar-refractivity contribution in [2.45, 2.75) is 142 Å². The van der Waals surface area contributed by atoms with Crippen LogP contribution in [0.5, 0.6) is 0 Å². The largest absolute Gasteiger partial charge is 0.349 e. The number of carbonyl (C=O) groups is 5. The smallest absolute Gasteiger partial charge is 0.315 e. The minimum absolute atomic E-state index is 0.0598. The molecule has 50 heavy (non-hydrogen) atoms. The summed E-state index contributed by atoms with van der Waals surface area (Å²) >= 11 is 0. The molecule has 0 radical (unpaired) electrons. The molecule has 4 N–H and O–H groups in total. The van der Waals surface area contributed by atoms with Crippen LogP contribution in [0.1, 0.15) is 113 Å². The lowest BCUT2D eigenvalue weighted by Crippen LogP contribution is -2.64. The van der Waals surface area contributed by atoms with E-state index >= 15 is 0 Å². The summed E-state index contributed by atoms with van der Waals surface area (Å²) in [5.41, 5.74) is -1.92. The zero-order valence-corrected chi connectivity index (χ0v) is 32.3. The summed E-state index contributed by atoms with van der Waals surface area (Å²) in [7, 11) is -3.56. The molecule has 5 amide bonds. The van der Waals surface area contributed by atoms with Crippen LogP contribution in [0.15, 0.2) is 12.7 Å². The molecule has 0 aromatic carbocycles. The minimum Gasteiger partial charge on any atom is -0.349 e. The molecular formula is C37H61N5O7S. The van der Waals surface area contributed by atoms with Crippen LogP contribution >= 0.6 is 0 Å². The Balaban J connectivity index is 1.54. The molecule has 13 heteroatoms. The maximum absolute atomic E-state index is 14.5. The number of sulfone groups is 1. The third-order valence-electron chi connectivity index (χ3n) is 11.5. The van der Waals surface area contributed by atoms with Crippen LogP contribution in [0.4, 0.5) is 4.79 Å². The van der Waals surface area contributed by atoms with Gasteiger partial charge in [-0.25, -0.2) is 13.2 Å². The van der Waals surface area contributed by atoms with Crippen molar-refractivity contribution in [3.8, 4) is 0 Å². The van der Waals surface area contributed by atoms with Crippen molar-refractivity contribution in [2.24, 2.45) is 28.6 Å². The Morgan fingerprint density at radius 1 is 0.960 bits per heavy atom.